The van der Waals surface area contributed by atoms with E-state index < -0.39 is 0 Å². The van der Waals surface area contributed by atoms with Gasteiger partial charge in [-0.25, -0.2) is 0 Å². The number of carbonyl (C=O) groups excluding carboxylic acids is 2. The Kier molecular flexibility index (Phi) is 5.11. The fourth-order valence-corrected chi connectivity index (χ4v) is 7.50. The Balaban J connectivity index is 1.46. The highest BCUT2D eigenvalue weighted by molar-refractivity contribution is 6.06. The van der Waals surface area contributed by atoms with Crippen LogP contribution >= 0.6 is 0 Å². The molecule has 0 amide bonds. The predicted octanol–water partition coefficient (Wildman–Crippen LogP) is 5.80. The van der Waals surface area contributed by atoms with Crippen LogP contribution in [0.3, 0.4) is 0 Å². The third-order valence-corrected chi connectivity index (χ3v) is 9.35. The standard InChI is InChI=1S/C28H34O4/c1-27-11-9-20(29)16-19(27)6-7-21-22(27)10-12-28(2)23(21)15-18(26(28)30)13-17-5-8-24(31-3)25(14-17)32-4/h5,8,13-14,16,21-23H,6-7,9-12,15H2,1-4H3/b18-13+/t21-,22+,23+,27+,28+/m1/s1. The molecule has 32 heavy (non-hydrogen) atoms. The Morgan fingerprint density at radius 1 is 0.938 bits per heavy atom. The minimum Gasteiger partial charge on any atom is -0.493 e. The van der Waals surface area contributed by atoms with Gasteiger partial charge in [0.05, 0.1) is 14.2 Å². The lowest BCUT2D eigenvalue weighted by Gasteiger charge is -2.56. The summed E-state index contributed by atoms with van der Waals surface area (Å²) < 4.78 is 10.8. The van der Waals surface area contributed by atoms with Crippen molar-refractivity contribution in [3.05, 3.63) is 41.0 Å². The minimum atomic E-state index is -0.258. The van der Waals surface area contributed by atoms with Gasteiger partial charge < -0.3 is 9.47 Å². The van der Waals surface area contributed by atoms with E-state index in [1.165, 1.54) is 5.57 Å². The van der Waals surface area contributed by atoms with Gasteiger partial charge in [-0.3, -0.25) is 9.59 Å². The largest absolute Gasteiger partial charge is 0.493 e. The molecule has 4 nitrogen and oxygen atoms in total. The van der Waals surface area contributed by atoms with Crippen molar-refractivity contribution in [3.63, 3.8) is 0 Å². The molecule has 1 aromatic rings. The molecule has 4 aliphatic carbocycles. The number of rotatable bonds is 3. The summed E-state index contributed by atoms with van der Waals surface area (Å²) in [6.45, 7) is 4.60. The SMILES string of the molecule is COc1ccc(/C=C2\C[C@H]3[C@@H]4CCC5=CC(=O)CC[C@]5(C)[C@H]4CC[C@]3(C)C2=O)cc1OC. The molecule has 0 N–H and O–H groups in total. The molecule has 0 heterocycles. The first-order chi connectivity index (χ1) is 15.3. The third-order valence-electron chi connectivity index (χ3n) is 9.35. The molecular formula is C28H34O4. The average molecular weight is 435 g/mol. The van der Waals surface area contributed by atoms with Crippen LogP contribution in [0.15, 0.2) is 35.4 Å². The summed E-state index contributed by atoms with van der Waals surface area (Å²) in [5, 5.41) is 0. The van der Waals surface area contributed by atoms with E-state index in [9.17, 15) is 9.59 Å². The highest BCUT2D eigenvalue weighted by Crippen LogP contribution is 2.65. The molecule has 5 atom stereocenters. The molecule has 0 radical (unpaired) electrons. The molecule has 5 rings (SSSR count). The molecule has 0 aromatic heterocycles. The summed E-state index contributed by atoms with van der Waals surface area (Å²) in [5.41, 5.74) is 3.19. The van der Waals surface area contributed by atoms with E-state index in [4.69, 9.17) is 9.47 Å². The molecule has 170 valence electrons. The molecule has 0 spiro atoms. The predicted molar refractivity (Wildman–Crippen MR) is 125 cm³/mol. The quantitative estimate of drug-likeness (QED) is 0.564. The van der Waals surface area contributed by atoms with Crippen LogP contribution < -0.4 is 9.47 Å². The number of ether oxygens (including phenoxy) is 2. The number of allylic oxidation sites excluding steroid dienone is 2. The summed E-state index contributed by atoms with van der Waals surface area (Å²) >= 11 is 0. The number of methoxy groups -OCH3 is 2. The lowest BCUT2D eigenvalue weighted by molar-refractivity contribution is -0.130. The van der Waals surface area contributed by atoms with Crippen LogP contribution in [0.2, 0.25) is 0 Å². The summed E-state index contributed by atoms with van der Waals surface area (Å²) in [6, 6.07) is 5.84. The zero-order chi connectivity index (χ0) is 22.7. The normalized spacial score (nSPS) is 37.4. The fraction of sp³-hybridized carbons (Fsp3) is 0.571. The number of benzene rings is 1. The van der Waals surface area contributed by atoms with E-state index in [0.717, 1.165) is 49.7 Å². The average Bonchev–Trinajstić information content (AvgIpc) is 3.04. The third kappa shape index (κ3) is 3.09. The fourth-order valence-electron chi connectivity index (χ4n) is 7.50. The van der Waals surface area contributed by atoms with Gasteiger partial charge >= 0.3 is 0 Å². The van der Waals surface area contributed by atoms with Gasteiger partial charge in [0.2, 0.25) is 0 Å². The molecule has 3 fully saturated rings. The smallest absolute Gasteiger partial charge is 0.165 e. The second kappa shape index (κ2) is 7.60. The Morgan fingerprint density at radius 3 is 2.47 bits per heavy atom. The van der Waals surface area contributed by atoms with Gasteiger partial charge in [0, 0.05) is 11.8 Å². The van der Waals surface area contributed by atoms with Gasteiger partial charge in [0.1, 0.15) is 0 Å². The van der Waals surface area contributed by atoms with Gasteiger partial charge in [-0.2, -0.15) is 0 Å². The van der Waals surface area contributed by atoms with E-state index in [0.29, 0.717) is 47.2 Å². The van der Waals surface area contributed by atoms with Crippen LogP contribution in [0.4, 0.5) is 0 Å². The van der Waals surface area contributed by atoms with Crippen molar-refractivity contribution in [3.8, 4) is 11.5 Å². The maximum absolute atomic E-state index is 13.6. The highest BCUT2D eigenvalue weighted by Gasteiger charge is 2.60. The summed E-state index contributed by atoms with van der Waals surface area (Å²) in [6.07, 6.45) is 10.7. The molecule has 3 saturated carbocycles. The molecular weight excluding hydrogens is 400 g/mol. The van der Waals surface area contributed by atoms with Crippen molar-refractivity contribution in [2.45, 2.75) is 58.8 Å². The van der Waals surface area contributed by atoms with E-state index in [-0.39, 0.29) is 10.8 Å². The van der Waals surface area contributed by atoms with Crippen molar-refractivity contribution in [2.75, 3.05) is 14.2 Å². The maximum atomic E-state index is 13.6. The highest BCUT2D eigenvalue weighted by atomic mass is 16.5. The van der Waals surface area contributed by atoms with Crippen molar-refractivity contribution < 1.29 is 19.1 Å². The second-order valence-electron chi connectivity index (χ2n) is 10.7. The zero-order valence-electron chi connectivity index (χ0n) is 19.7. The Hall–Kier alpha value is -2.36. The lowest BCUT2D eigenvalue weighted by Crippen LogP contribution is -2.50. The first kappa shape index (κ1) is 21.5. The molecule has 0 saturated heterocycles. The molecule has 1 aromatic carbocycles. The number of carbonyl (C=O) groups is 2. The van der Waals surface area contributed by atoms with E-state index >= 15 is 0 Å². The molecule has 0 aliphatic heterocycles. The number of hydrogen-bond acceptors (Lipinski definition) is 4. The van der Waals surface area contributed by atoms with Crippen molar-refractivity contribution in [1.82, 2.24) is 0 Å². The number of ketones is 2. The molecule has 4 heteroatoms. The van der Waals surface area contributed by atoms with Gasteiger partial charge in [0.15, 0.2) is 23.1 Å². The molecule has 0 unspecified atom stereocenters. The van der Waals surface area contributed by atoms with Gasteiger partial charge in [0.25, 0.3) is 0 Å². The van der Waals surface area contributed by atoms with Crippen LogP contribution in [0.5, 0.6) is 11.5 Å². The Morgan fingerprint density at radius 2 is 1.72 bits per heavy atom. The first-order valence-corrected chi connectivity index (χ1v) is 12.0. The number of Topliss-reactive ketones (excluding diaryl/α,β-unsaturated/α-hetero) is 1. The second-order valence-corrected chi connectivity index (χ2v) is 10.7. The summed E-state index contributed by atoms with van der Waals surface area (Å²) in [7, 11) is 3.27. The van der Waals surface area contributed by atoms with Crippen LogP contribution in [-0.4, -0.2) is 25.8 Å². The number of fused-ring (bicyclic) bond motifs is 5. The van der Waals surface area contributed by atoms with Gasteiger partial charge in [-0.05, 0) is 97.1 Å². The van der Waals surface area contributed by atoms with Crippen molar-refractivity contribution in [2.24, 2.45) is 28.6 Å². The molecule has 4 aliphatic rings. The first-order valence-electron chi connectivity index (χ1n) is 12.0. The Bertz CT molecular complexity index is 1030. The van der Waals surface area contributed by atoms with Crippen LogP contribution in [-0.2, 0) is 9.59 Å². The monoisotopic (exact) mass is 434 g/mol. The van der Waals surface area contributed by atoms with Crippen LogP contribution in [0.1, 0.15) is 64.4 Å². The lowest BCUT2D eigenvalue weighted by atomic mass is 9.47. The van der Waals surface area contributed by atoms with Crippen molar-refractivity contribution >= 4 is 17.6 Å². The van der Waals surface area contributed by atoms with Crippen LogP contribution in [0.25, 0.3) is 6.08 Å². The zero-order valence-corrected chi connectivity index (χ0v) is 19.7. The van der Waals surface area contributed by atoms with Crippen molar-refractivity contribution in [1.29, 1.82) is 0 Å². The Labute approximate surface area is 191 Å². The van der Waals surface area contributed by atoms with E-state index in [1.54, 1.807) is 14.2 Å². The van der Waals surface area contributed by atoms with Gasteiger partial charge in [-0.15, -0.1) is 0 Å². The van der Waals surface area contributed by atoms with Gasteiger partial charge in [-0.1, -0.05) is 25.5 Å². The summed E-state index contributed by atoms with van der Waals surface area (Å²) in [5.74, 6) is 3.56. The maximum Gasteiger partial charge on any atom is 0.165 e. The van der Waals surface area contributed by atoms with E-state index in [1.807, 2.05) is 24.3 Å². The molecule has 0 bridgehead atoms. The summed E-state index contributed by atoms with van der Waals surface area (Å²) in [4.78, 5) is 25.7. The van der Waals surface area contributed by atoms with Crippen LogP contribution in [0, 0.1) is 28.6 Å². The van der Waals surface area contributed by atoms with E-state index in [2.05, 4.69) is 19.9 Å². The minimum absolute atomic E-state index is 0.136. The number of hydrogen-bond donors (Lipinski definition) is 0. The topological polar surface area (TPSA) is 52.6 Å².